The molecule has 0 aromatic heterocycles. The van der Waals surface area contributed by atoms with Crippen LogP contribution in [0.1, 0.15) is 18.9 Å². The molecule has 2 N–H and O–H groups in total. The number of nitrogens with one attached hydrogen (secondary N) is 2. The van der Waals surface area contributed by atoms with E-state index in [2.05, 4.69) is 10.6 Å². The zero-order valence-electron chi connectivity index (χ0n) is 16.3. The third-order valence-corrected chi connectivity index (χ3v) is 6.37. The minimum atomic E-state index is -3.34. The highest BCUT2D eigenvalue weighted by atomic mass is 32.2. The number of para-hydroxylation sites is 2. The minimum absolute atomic E-state index is 0.101. The van der Waals surface area contributed by atoms with Crippen LogP contribution in [0.3, 0.4) is 0 Å². The summed E-state index contributed by atoms with van der Waals surface area (Å²) < 4.78 is 31.0. The molecule has 2 amide bonds. The first kappa shape index (κ1) is 20.7. The second-order valence-corrected chi connectivity index (χ2v) is 8.59. The smallest absolute Gasteiger partial charge is 0.314 e. The highest BCUT2D eigenvalue weighted by Crippen LogP contribution is 2.29. The van der Waals surface area contributed by atoms with Crippen molar-refractivity contribution in [3.05, 3.63) is 48.0 Å². The summed E-state index contributed by atoms with van der Waals surface area (Å²) in [5, 5.41) is 5.09. The first-order valence-electron chi connectivity index (χ1n) is 9.27. The van der Waals surface area contributed by atoms with Gasteiger partial charge in [0.05, 0.1) is 23.7 Å². The Bertz CT molecular complexity index is 1040. The molecule has 9 heteroatoms. The summed E-state index contributed by atoms with van der Waals surface area (Å²) in [4.78, 5) is 24.7. The Morgan fingerprint density at radius 3 is 2.41 bits per heavy atom. The van der Waals surface area contributed by atoms with Crippen LogP contribution in [-0.2, 0) is 19.6 Å². The van der Waals surface area contributed by atoms with Gasteiger partial charge in [0, 0.05) is 12.2 Å². The lowest BCUT2D eigenvalue weighted by Gasteiger charge is -2.19. The van der Waals surface area contributed by atoms with Gasteiger partial charge in [0.1, 0.15) is 5.75 Å². The lowest BCUT2D eigenvalue weighted by atomic mass is 10.1. The predicted octanol–water partition coefficient (Wildman–Crippen LogP) is 2.51. The summed E-state index contributed by atoms with van der Waals surface area (Å²) in [7, 11) is -3.34. The van der Waals surface area contributed by atoms with E-state index >= 15 is 0 Å². The molecule has 29 heavy (non-hydrogen) atoms. The topological polar surface area (TPSA) is 105 Å². The standard InChI is InChI=1S/C20H23N3O5S/c1-3-28-18-8-5-4-7-16(18)21-19(24)20(25)22-17-13-15(10-9-14(17)2)23-11-6-12-29(23,26)27/h4-5,7-10,13H,3,6,11-12H2,1-2H3,(H,21,24)(H,22,25). The maximum atomic E-state index is 12.4. The zero-order chi connectivity index (χ0) is 21.0. The van der Waals surface area contributed by atoms with Gasteiger partial charge in [-0.1, -0.05) is 18.2 Å². The number of hydrogen-bond donors (Lipinski definition) is 2. The number of carbonyl (C=O) groups excluding carboxylic acids is 2. The Morgan fingerprint density at radius 2 is 1.76 bits per heavy atom. The highest BCUT2D eigenvalue weighted by Gasteiger charge is 2.29. The molecule has 0 radical (unpaired) electrons. The number of carbonyl (C=O) groups is 2. The summed E-state index contributed by atoms with van der Waals surface area (Å²) in [5.74, 6) is -1.14. The number of anilines is 3. The van der Waals surface area contributed by atoms with Crippen LogP contribution < -0.4 is 19.7 Å². The average molecular weight is 417 g/mol. The van der Waals surface area contributed by atoms with E-state index in [1.165, 1.54) is 4.31 Å². The normalized spacial score (nSPS) is 15.0. The summed E-state index contributed by atoms with van der Waals surface area (Å²) in [6.07, 6.45) is 0.555. The van der Waals surface area contributed by atoms with Gasteiger partial charge >= 0.3 is 11.8 Å². The van der Waals surface area contributed by atoms with Crippen LogP contribution in [0, 0.1) is 6.92 Å². The molecular weight excluding hydrogens is 394 g/mol. The quantitative estimate of drug-likeness (QED) is 0.728. The van der Waals surface area contributed by atoms with Crippen molar-refractivity contribution in [1.82, 2.24) is 0 Å². The van der Waals surface area contributed by atoms with Crippen LogP contribution in [0.15, 0.2) is 42.5 Å². The predicted molar refractivity (Wildman–Crippen MR) is 112 cm³/mol. The van der Waals surface area contributed by atoms with Gasteiger partial charge < -0.3 is 15.4 Å². The molecule has 1 saturated heterocycles. The molecule has 0 aliphatic carbocycles. The monoisotopic (exact) mass is 417 g/mol. The first-order chi connectivity index (χ1) is 13.8. The van der Waals surface area contributed by atoms with E-state index in [4.69, 9.17) is 4.74 Å². The van der Waals surface area contributed by atoms with Gasteiger partial charge in [-0.3, -0.25) is 13.9 Å². The highest BCUT2D eigenvalue weighted by molar-refractivity contribution is 7.93. The Labute approximate surface area is 169 Å². The van der Waals surface area contributed by atoms with Crippen LogP contribution in [0.4, 0.5) is 17.1 Å². The molecule has 0 spiro atoms. The van der Waals surface area contributed by atoms with Gasteiger partial charge in [0.25, 0.3) is 0 Å². The lowest BCUT2D eigenvalue weighted by Crippen LogP contribution is -2.30. The van der Waals surface area contributed by atoms with Crippen molar-refractivity contribution in [2.24, 2.45) is 0 Å². The minimum Gasteiger partial charge on any atom is -0.492 e. The SMILES string of the molecule is CCOc1ccccc1NC(=O)C(=O)Nc1cc(N2CCCS2(=O)=O)ccc1C. The van der Waals surface area contributed by atoms with E-state index in [0.29, 0.717) is 47.9 Å². The maximum Gasteiger partial charge on any atom is 0.314 e. The fraction of sp³-hybridized carbons (Fsp3) is 0.300. The van der Waals surface area contributed by atoms with Crippen molar-refractivity contribution in [2.45, 2.75) is 20.3 Å². The van der Waals surface area contributed by atoms with Crippen LogP contribution >= 0.6 is 0 Å². The molecular formula is C20H23N3O5S. The largest absolute Gasteiger partial charge is 0.492 e. The van der Waals surface area contributed by atoms with E-state index in [9.17, 15) is 18.0 Å². The molecule has 1 heterocycles. The van der Waals surface area contributed by atoms with Crippen LogP contribution in [0.25, 0.3) is 0 Å². The molecule has 0 bridgehead atoms. The van der Waals surface area contributed by atoms with Crippen LogP contribution in [0.5, 0.6) is 5.75 Å². The molecule has 1 aliphatic rings. The van der Waals surface area contributed by atoms with Gasteiger partial charge in [0.15, 0.2) is 0 Å². The van der Waals surface area contributed by atoms with Crippen LogP contribution in [0.2, 0.25) is 0 Å². The fourth-order valence-electron chi connectivity index (χ4n) is 3.04. The Hall–Kier alpha value is -3.07. The third-order valence-electron chi connectivity index (χ3n) is 4.50. The van der Waals surface area contributed by atoms with Crippen molar-refractivity contribution in [3.8, 4) is 5.75 Å². The van der Waals surface area contributed by atoms with E-state index in [0.717, 1.165) is 0 Å². The van der Waals surface area contributed by atoms with E-state index in [1.807, 2.05) is 6.92 Å². The molecule has 2 aromatic carbocycles. The Balaban J connectivity index is 1.75. The molecule has 3 rings (SSSR count). The van der Waals surface area contributed by atoms with Crippen molar-refractivity contribution in [3.63, 3.8) is 0 Å². The molecule has 0 saturated carbocycles. The first-order valence-corrected chi connectivity index (χ1v) is 10.9. The van der Waals surface area contributed by atoms with E-state index < -0.39 is 21.8 Å². The number of nitrogens with zero attached hydrogens (tertiary/aromatic N) is 1. The maximum absolute atomic E-state index is 12.4. The molecule has 0 unspecified atom stereocenters. The number of ether oxygens (including phenoxy) is 1. The van der Waals surface area contributed by atoms with Crippen molar-refractivity contribution in [2.75, 3.05) is 33.8 Å². The summed E-state index contributed by atoms with van der Waals surface area (Å²) in [6, 6.07) is 11.8. The van der Waals surface area contributed by atoms with Gasteiger partial charge in [0.2, 0.25) is 10.0 Å². The summed E-state index contributed by atoms with van der Waals surface area (Å²) in [5.41, 5.74) is 1.94. The Morgan fingerprint density at radius 1 is 1.07 bits per heavy atom. The zero-order valence-corrected chi connectivity index (χ0v) is 17.1. The fourth-order valence-corrected chi connectivity index (χ4v) is 4.60. The number of rotatable bonds is 5. The number of benzene rings is 2. The number of hydrogen-bond acceptors (Lipinski definition) is 5. The van der Waals surface area contributed by atoms with Crippen molar-refractivity contribution < 1.29 is 22.7 Å². The second-order valence-electron chi connectivity index (χ2n) is 6.58. The second kappa shape index (κ2) is 8.52. The average Bonchev–Trinajstić information content (AvgIpc) is 3.04. The van der Waals surface area contributed by atoms with Gasteiger partial charge in [-0.15, -0.1) is 0 Å². The molecule has 154 valence electrons. The van der Waals surface area contributed by atoms with E-state index in [1.54, 1.807) is 49.4 Å². The van der Waals surface area contributed by atoms with Crippen molar-refractivity contribution in [1.29, 1.82) is 0 Å². The lowest BCUT2D eigenvalue weighted by molar-refractivity contribution is -0.133. The summed E-state index contributed by atoms with van der Waals surface area (Å²) in [6.45, 7) is 4.40. The third kappa shape index (κ3) is 4.68. The van der Waals surface area contributed by atoms with Crippen molar-refractivity contribution >= 4 is 38.9 Å². The van der Waals surface area contributed by atoms with E-state index in [-0.39, 0.29) is 5.75 Å². The summed E-state index contributed by atoms with van der Waals surface area (Å²) >= 11 is 0. The molecule has 0 atom stereocenters. The van der Waals surface area contributed by atoms with Crippen LogP contribution in [-0.4, -0.2) is 39.1 Å². The van der Waals surface area contributed by atoms with Gasteiger partial charge in [-0.25, -0.2) is 8.42 Å². The Kier molecular flexibility index (Phi) is 6.07. The molecule has 2 aromatic rings. The number of amides is 2. The number of aryl methyl sites for hydroxylation is 1. The molecule has 1 fully saturated rings. The van der Waals surface area contributed by atoms with Gasteiger partial charge in [-0.05, 0) is 50.1 Å². The molecule has 1 aliphatic heterocycles. The van der Waals surface area contributed by atoms with Gasteiger partial charge in [-0.2, -0.15) is 0 Å². The molecule has 8 nitrogen and oxygen atoms in total. The number of sulfonamides is 1.